The summed E-state index contributed by atoms with van der Waals surface area (Å²) in [5.41, 5.74) is 1.72. The highest BCUT2D eigenvalue weighted by Crippen LogP contribution is 2.18. The van der Waals surface area contributed by atoms with Crippen molar-refractivity contribution in [2.24, 2.45) is 0 Å². The molecule has 0 aromatic carbocycles. The number of halogens is 4. The topological polar surface area (TPSA) is 25.8 Å². The van der Waals surface area contributed by atoms with E-state index in [0.29, 0.717) is 16.0 Å². The first-order valence-electron chi connectivity index (χ1n) is 4.48. The van der Waals surface area contributed by atoms with E-state index in [2.05, 4.69) is 49.0 Å². The Morgan fingerprint density at radius 1 is 1.40 bits per heavy atom. The van der Waals surface area contributed by atoms with E-state index in [1.54, 1.807) is 0 Å². The van der Waals surface area contributed by atoms with Crippen LogP contribution in [0.2, 0.25) is 11.2 Å². The Morgan fingerprint density at radius 3 is 2.53 bits per heavy atom. The second-order valence-electron chi connectivity index (χ2n) is 3.07. The molecular weight excluding hydrogens is 383 g/mol. The molecule has 0 radical (unpaired) electrons. The average Bonchev–Trinajstić information content (AvgIpc) is 2.25. The van der Waals surface area contributed by atoms with Gasteiger partial charge < -0.3 is 0 Å². The predicted octanol–water partition coefficient (Wildman–Crippen LogP) is 3.02. The number of hydrogen-bond acceptors (Lipinski definition) is 2. The molecule has 0 fully saturated rings. The molecule has 0 aliphatic carbocycles. The number of alkyl halides is 2. The fourth-order valence-corrected chi connectivity index (χ4v) is 7.01. The predicted molar refractivity (Wildman–Crippen MR) is 75.4 cm³/mol. The van der Waals surface area contributed by atoms with Crippen LogP contribution in [0.25, 0.3) is 0 Å². The third kappa shape index (κ3) is 3.16. The summed E-state index contributed by atoms with van der Waals surface area (Å²) in [6, 6.07) is 1.09. The number of nitrogens with zero attached hydrogens (tertiary/aromatic N) is 2. The van der Waals surface area contributed by atoms with Crippen LogP contribution >= 0.6 is 55.1 Å². The van der Waals surface area contributed by atoms with E-state index in [4.69, 9.17) is 23.2 Å². The summed E-state index contributed by atoms with van der Waals surface area (Å²) >= 11 is 18.9. The fourth-order valence-electron chi connectivity index (χ4n) is 1.37. The minimum absolute atomic E-state index is 0.473. The van der Waals surface area contributed by atoms with Gasteiger partial charge in [-0.25, -0.2) is 0 Å². The van der Waals surface area contributed by atoms with Gasteiger partial charge in [0.2, 0.25) is 0 Å². The van der Waals surface area contributed by atoms with Crippen molar-refractivity contribution in [2.45, 2.75) is 18.3 Å². The third-order valence-corrected chi connectivity index (χ3v) is 8.03. The third-order valence-electron chi connectivity index (χ3n) is 2.24. The Bertz CT molecular complexity index is 348. The largest absolute Gasteiger partial charge is 0.155 e. The molecule has 0 bridgehead atoms. The maximum absolute atomic E-state index is 6.01. The zero-order valence-corrected chi connectivity index (χ0v) is 13.9. The minimum atomic E-state index is -1.17. The number of aromatic nitrogens is 2. The maximum Gasteiger partial charge on any atom is 0.155 e. The van der Waals surface area contributed by atoms with E-state index in [-0.39, 0.29) is 0 Å². The monoisotopic (exact) mass is 390 g/mol. The highest BCUT2D eigenvalue weighted by Gasteiger charge is 2.21. The Kier molecular flexibility index (Phi) is 6.06. The van der Waals surface area contributed by atoms with E-state index < -0.39 is 8.80 Å². The number of rotatable bonds is 4. The molecule has 1 rings (SSSR count). The lowest BCUT2D eigenvalue weighted by molar-refractivity contribution is 0.998. The van der Waals surface area contributed by atoms with Crippen LogP contribution < -0.4 is 5.19 Å². The van der Waals surface area contributed by atoms with Gasteiger partial charge in [0.05, 0.1) is 8.80 Å². The highest BCUT2D eigenvalue weighted by atomic mass is 79.9. The molecule has 2 nitrogen and oxygen atoms in total. The Hall–Kier alpha value is 0.837. The molecule has 84 valence electrons. The van der Waals surface area contributed by atoms with Crippen LogP contribution in [0.15, 0.2) is 4.60 Å². The lowest BCUT2D eigenvalue weighted by Crippen LogP contribution is -2.36. The average molecular weight is 393 g/mol. The molecule has 0 N–H and O–H groups in total. The lowest BCUT2D eigenvalue weighted by Gasteiger charge is -2.15. The maximum atomic E-state index is 6.01. The molecule has 0 amide bonds. The molecule has 1 heterocycles. The standard InChI is InChI=1S/C8H10Br2Cl2N2Si/c1-2-15(4-11)6-5(3-9)8(12)14-13-7(6)10/h15H,2-4H2,1H3. The van der Waals surface area contributed by atoms with Crippen LogP contribution in [0.4, 0.5) is 0 Å². The van der Waals surface area contributed by atoms with Crippen molar-refractivity contribution < 1.29 is 0 Å². The summed E-state index contributed by atoms with van der Waals surface area (Å²) in [5, 5.41) is 10.2. The molecule has 0 aliphatic heterocycles. The van der Waals surface area contributed by atoms with Crippen LogP contribution in [0.1, 0.15) is 12.5 Å². The van der Waals surface area contributed by atoms with E-state index in [1.807, 2.05) is 0 Å². The number of hydrogen-bond donors (Lipinski definition) is 0. The SMILES string of the molecule is CC[SiH](CCl)c1c(Br)nnc(Cl)c1CBr. The zero-order chi connectivity index (χ0) is 11.4. The summed E-state index contributed by atoms with van der Waals surface area (Å²) in [4.78, 5) is 0. The molecule has 0 spiro atoms. The van der Waals surface area contributed by atoms with Gasteiger partial charge in [0.25, 0.3) is 0 Å². The second-order valence-corrected chi connectivity index (χ2v) is 8.76. The van der Waals surface area contributed by atoms with Crippen molar-refractivity contribution in [2.75, 3.05) is 5.50 Å². The van der Waals surface area contributed by atoms with Crippen molar-refractivity contribution in [3.05, 3.63) is 15.3 Å². The molecule has 0 saturated heterocycles. The molecule has 1 aromatic heterocycles. The van der Waals surface area contributed by atoms with Gasteiger partial charge in [-0.2, -0.15) is 0 Å². The summed E-state index contributed by atoms with van der Waals surface area (Å²) in [5.74, 6) is 0. The zero-order valence-electron chi connectivity index (χ0n) is 8.10. The minimum Gasteiger partial charge on any atom is -0.142 e. The van der Waals surface area contributed by atoms with Crippen LogP contribution in [0.5, 0.6) is 0 Å². The Morgan fingerprint density at radius 2 is 2.07 bits per heavy atom. The van der Waals surface area contributed by atoms with Gasteiger partial charge in [-0.15, -0.1) is 21.8 Å². The van der Waals surface area contributed by atoms with Crippen molar-refractivity contribution in [1.29, 1.82) is 0 Å². The quantitative estimate of drug-likeness (QED) is 0.581. The first kappa shape index (κ1) is 13.9. The van der Waals surface area contributed by atoms with E-state index in [1.165, 1.54) is 5.19 Å². The van der Waals surface area contributed by atoms with Crippen LogP contribution in [0.3, 0.4) is 0 Å². The van der Waals surface area contributed by atoms with E-state index in [0.717, 1.165) is 16.2 Å². The van der Waals surface area contributed by atoms with Crippen LogP contribution in [-0.2, 0) is 5.33 Å². The van der Waals surface area contributed by atoms with Crippen molar-refractivity contribution in [3.8, 4) is 0 Å². The summed E-state index contributed by atoms with van der Waals surface area (Å²) in [7, 11) is -1.17. The molecule has 0 aliphatic rings. The van der Waals surface area contributed by atoms with Crippen molar-refractivity contribution in [3.63, 3.8) is 0 Å². The second kappa shape index (κ2) is 6.54. The molecule has 1 atom stereocenters. The van der Waals surface area contributed by atoms with Gasteiger partial charge in [-0.3, -0.25) is 0 Å². The van der Waals surface area contributed by atoms with E-state index in [9.17, 15) is 0 Å². The first-order valence-corrected chi connectivity index (χ1v) is 9.51. The highest BCUT2D eigenvalue weighted by molar-refractivity contribution is 9.10. The summed E-state index contributed by atoms with van der Waals surface area (Å²) < 4.78 is 0.792. The van der Waals surface area contributed by atoms with Crippen molar-refractivity contribution >= 4 is 69.0 Å². The summed E-state index contributed by atoms with van der Waals surface area (Å²) in [6.07, 6.45) is 0. The molecule has 1 aromatic rings. The van der Waals surface area contributed by atoms with E-state index >= 15 is 0 Å². The van der Waals surface area contributed by atoms with Gasteiger partial charge in [-0.1, -0.05) is 40.5 Å². The van der Waals surface area contributed by atoms with Gasteiger partial charge in [0, 0.05) is 16.4 Å². The van der Waals surface area contributed by atoms with Gasteiger partial charge in [-0.05, 0) is 21.1 Å². The first-order chi connectivity index (χ1) is 7.15. The fraction of sp³-hybridized carbons (Fsp3) is 0.500. The van der Waals surface area contributed by atoms with Crippen LogP contribution in [-0.4, -0.2) is 24.5 Å². The van der Waals surface area contributed by atoms with Crippen LogP contribution in [0, 0.1) is 0 Å². The van der Waals surface area contributed by atoms with Gasteiger partial charge >= 0.3 is 0 Å². The molecule has 0 saturated carbocycles. The molecule has 7 heteroatoms. The van der Waals surface area contributed by atoms with Gasteiger partial charge in [0.1, 0.15) is 4.60 Å². The van der Waals surface area contributed by atoms with Crippen molar-refractivity contribution in [1.82, 2.24) is 10.2 Å². The smallest absolute Gasteiger partial charge is 0.142 e. The Balaban J connectivity index is 3.29. The van der Waals surface area contributed by atoms with Gasteiger partial charge in [0.15, 0.2) is 5.15 Å². The summed E-state index contributed by atoms with van der Waals surface area (Å²) in [6.45, 7) is 2.15. The molecular formula is C8H10Br2Cl2N2Si. The normalized spacial score (nSPS) is 12.9. The Labute approximate surface area is 118 Å². The molecule has 1 unspecified atom stereocenters. The lowest BCUT2D eigenvalue weighted by atomic mass is 10.3. The molecule has 15 heavy (non-hydrogen) atoms.